The zero-order chi connectivity index (χ0) is 18.1. The molecule has 0 spiro atoms. The number of aryl methyl sites for hydroxylation is 2. The Balaban J connectivity index is 1.38. The van der Waals surface area contributed by atoms with Crippen molar-refractivity contribution in [2.45, 2.75) is 45.6 Å². The van der Waals surface area contributed by atoms with Crippen LogP contribution in [-0.2, 0) is 13.1 Å². The number of likely N-dealkylation sites (tertiary alicyclic amines) is 1. The summed E-state index contributed by atoms with van der Waals surface area (Å²) in [4.78, 5) is 6.59. The van der Waals surface area contributed by atoms with Gasteiger partial charge in [0.15, 0.2) is 0 Å². The Morgan fingerprint density at radius 3 is 3.04 bits per heavy atom. The minimum absolute atomic E-state index is 0.165. The number of halogens is 1. The predicted octanol–water partition coefficient (Wildman–Crippen LogP) is 2.64. The Kier molecular flexibility index (Phi) is 4.74. The maximum atomic E-state index is 14.0. The summed E-state index contributed by atoms with van der Waals surface area (Å²) < 4.78 is 21.4. The molecular weight excluding hydrogens is 333 g/mol. The highest BCUT2D eigenvalue weighted by atomic mass is 19.1. The van der Waals surface area contributed by atoms with Gasteiger partial charge < -0.3 is 14.2 Å². The summed E-state index contributed by atoms with van der Waals surface area (Å²) >= 11 is 0. The molecule has 0 bridgehead atoms. The van der Waals surface area contributed by atoms with Gasteiger partial charge in [-0.3, -0.25) is 4.90 Å². The molecule has 3 aromatic rings. The van der Waals surface area contributed by atoms with Crippen LogP contribution < -0.4 is 5.32 Å². The number of hydrogen-bond acceptors (Lipinski definition) is 5. The summed E-state index contributed by atoms with van der Waals surface area (Å²) in [7, 11) is 0. The van der Waals surface area contributed by atoms with Crippen molar-refractivity contribution in [3.8, 4) is 0 Å². The lowest BCUT2D eigenvalue weighted by atomic mass is 10.1. The SMILES string of the molecule is Cc1noc(C)c1CN1C[C@@H](F)C[C@H]1CNCc1cnc2ccccn12. The van der Waals surface area contributed by atoms with Crippen molar-refractivity contribution in [2.75, 3.05) is 13.1 Å². The van der Waals surface area contributed by atoms with Gasteiger partial charge in [-0.05, 0) is 32.4 Å². The Hall–Kier alpha value is -2.25. The molecule has 0 saturated carbocycles. The standard InChI is InChI=1S/C19H24FN5O/c1-13-18(14(2)26-23-13)12-24-11-15(20)7-16(24)8-21-9-17-10-22-19-5-3-4-6-25(17)19/h3-6,10,15-16,21H,7-9,11-12H2,1-2H3/t15-,16-/m0/s1. The van der Waals surface area contributed by atoms with Crippen LogP contribution in [0.1, 0.15) is 29.1 Å². The molecule has 3 aromatic heterocycles. The molecule has 2 atom stereocenters. The van der Waals surface area contributed by atoms with E-state index in [0.29, 0.717) is 26.1 Å². The van der Waals surface area contributed by atoms with Gasteiger partial charge >= 0.3 is 0 Å². The molecular formula is C19H24FN5O. The molecule has 4 heterocycles. The van der Waals surface area contributed by atoms with Crippen LogP contribution in [0.2, 0.25) is 0 Å². The van der Waals surface area contributed by atoms with Gasteiger partial charge in [-0.25, -0.2) is 9.37 Å². The number of pyridine rings is 1. The number of aromatic nitrogens is 3. The van der Waals surface area contributed by atoms with Crippen molar-refractivity contribution in [1.82, 2.24) is 24.8 Å². The van der Waals surface area contributed by atoms with Gasteiger partial charge in [0.05, 0.1) is 17.6 Å². The molecule has 1 fully saturated rings. The number of nitrogens with zero attached hydrogens (tertiary/aromatic N) is 4. The van der Waals surface area contributed by atoms with Gasteiger partial charge in [0.25, 0.3) is 0 Å². The Morgan fingerprint density at radius 2 is 2.23 bits per heavy atom. The molecule has 26 heavy (non-hydrogen) atoms. The number of rotatable bonds is 6. The van der Waals surface area contributed by atoms with Crippen LogP contribution in [0.25, 0.3) is 5.65 Å². The summed E-state index contributed by atoms with van der Waals surface area (Å²) in [5, 5.41) is 7.48. The van der Waals surface area contributed by atoms with E-state index in [1.807, 2.05) is 44.4 Å². The summed E-state index contributed by atoms with van der Waals surface area (Å²) in [6, 6.07) is 6.12. The van der Waals surface area contributed by atoms with Gasteiger partial charge in [0.2, 0.25) is 0 Å². The van der Waals surface area contributed by atoms with E-state index < -0.39 is 6.17 Å². The molecule has 1 N–H and O–H groups in total. The number of alkyl halides is 1. The molecule has 7 heteroatoms. The predicted molar refractivity (Wildman–Crippen MR) is 96.6 cm³/mol. The lowest BCUT2D eigenvalue weighted by molar-refractivity contribution is 0.228. The second-order valence-corrected chi connectivity index (χ2v) is 7.03. The third-order valence-corrected chi connectivity index (χ3v) is 5.20. The van der Waals surface area contributed by atoms with Crippen LogP contribution >= 0.6 is 0 Å². The minimum Gasteiger partial charge on any atom is -0.361 e. The lowest BCUT2D eigenvalue weighted by Crippen LogP contribution is -2.37. The van der Waals surface area contributed by atoms with E-state index in [9.17, 15) is 4.39 Å². The van der Waals surface area contributed by atoms with Crippen molar-refractivity contribution in [2.24, 2.45) is 0 Å². The Morgan fingerprint density at radius 1 is 1.35 bits per heavy atom. The Bertz CT molecular complexity index is 870. The largest absolute Gasteiger partial charge is 0.361 e. The second kappa shape index (κ2) is 7.17. The summed E-state index contributed by atoms with van der Waals surface area (Å²) in [5.41, 5.74) is 4.01. The van der Waals surface area contributed by atoms with E-state index in [1.54, 1.807) is 0 Å². The second-order valence-electron chi connectivity index (χ2n) is 7.03. The molecule has 0 amide bonds. The van der Waals surface area contributed by atoms with E-state index in [1.165, 1.54) is 0 Å². The van der Waals surface area contributed by atoms with Crippen molar-refractivity contribution in [3.05, 3.63) is 53.3 Å². The number of nitrogens with one attached hydrogen (secondary N) is 1. The fourth-order valence-electron chi connectivity index (χ4n) is 3.74. The van der Waals surface area contributed by atoms with Crippen molar-refractivity contribution in [3.63, 3.8) is 0 Å². The molecule has 6 nitrogen and oxygen atoms in total. The molecule has 1 saturated heterocycles. The highest BCUT2D eigenvalue weighted by molar-refractivity contribution is 5.39. The summed E-state index contributed by atoms with van der Waals surface area (Å²) in [6.07, 6.45) is 3.68. The van der Waals surface area contributed by atoms with Gasteiger partial charge in [0, 0.05) is 44.0 Å². The molecule has 1 aliphatic rings. The fraction of sp³-hybridized carbons (Fsp3) is 0.474. The zero-order valence-corrected chi connectivity index (χ0v) is 15.2. The first-order valence-electron chi connectivity index (χ1n) is 9.03. The fourth-order valence-corrected chi connectivity index (χ4v) is 3.74. The quantitative estimate of drug-likeness (QED) is 0.735. The van der Waals surface area contributed by atoms with Crippen LogP contribution in [0.4, 0.5) is 4.39 Å². The summed E-state index contributed by atoms with van der Waals surface area (Å²) in [5.74, 6) is 0.822. The Labute approximate surface area is 152 Å². The molecule has 0 aromatic carbocycles. The van der Waals surface area contributed by atoms with Crippen LogP contribution in [0.15, 0.2) is 35.1 Å². The van der Waals surface area contributed by atoms with E-state index in [2.05, 4.69) is 24.8 Å². The molecule has 4 rings (SSSR count). The first-order valence-corrected chi connectivity index (χ1v) is 9.03. The third-order valence-electron chi connectivity index (χ3n) is 5.20. The summed E-state index contributed by atoms with van der Waals surface area (Å²) in [6.45, 7) is 6.44. The minimum atomic E-state index is -0.780. The van der Waals surface area contributed by atoms with Gasteiger partial charge in [0.1, 0.15) is 17.6 Å². The zero-order valence-electron chi connectivity index (χ0n) is 15.2. The normalized spacial score (nSPS) is 21.0. The van der Waals surface area contributed by atoms with Crippen molar-refractivity contribution in [1.29, 1.82) is 0 Å². The van der Waals surface area contributed by atoms with E-state index in [-0.39, 0.29) is 6.04 Å². The molecule has 0 aliphatic carbocycles. The highest BCUT2D eigenvalue weighted by Crippen LogP contribution is 2.24. The maximum absolute atomic E-state index is 14.0. The van der Waals surface area contributed by atoms with Crippen molar-refractivity contribution >= 4 is 5.65 Å². The van der Waals surface area contributed by atoms with Crippen LogP contribution in [0.5, 0.6) is 0 Å². The first kappa shape index (κ1) is 17.2. The number of fused-ring (bicyclic) bond motifs is 1. The maximum Gasteiger partial charge on any atom is 0.138 e. The molecule has 1 aliphatic heterocycles. The van der Waals surface area contributed by atoms with E-state index >= 15 is 0 Å². The van der Waals surface area contributed by atoms with Crippen LogP contribution in [-0.4, -0.2) is 44.7 Å². The number of imidazole rings is 1. The van der Waals surface area contributed by atoms with E-state index in [4.69, 9.17) is 4.52 Å². The number of hydrogen-bond donors (Lipinski definition) is 1. The van der Waals surface area contributed by atoms with Crippen molar-refractivity contribution < 1.29 is 8.91 Å². The van der Waals surface area contributed by atoms with Crippen LogP contribution in [0.3, 0.4) is 0 Å². The van der Waals surface area contributed by atoms with Gasteiger partial charge in [-0.2, -0.15) is 0 Å². The highest BCUT2D eigenvalue weighted by Gasteiger charge is 2.32. The van der Waals surface area contributed by atoms with Gasteiger partial charge in [-0.15, -0.1) is 0 Å². The van der Waals surface area contributed by atoms with E-state index in [0.717, 1.165) is 34.9 Å². The first-order chi connectivity index (χ1) is 12.6. The lowest BCUT2D eigenvalue weighted by Gasteiger charge is -2.24. The monoisotopic (exact) mass is 357 g/mol. The molecule has 0 radical (unpaired) electrons. The third kappa shape index (κ3) is 3.37. The van der Waals surface area contributed by atoms with Crippen LogP contribution in [0, 0.1) is 13.8 Å². The van der Waals surface area contributed by atoms with Gasteiger partial charge in [-0.1, -0.05) is 11.2 Å². The molecule has 0 unspecified atom stereocenters. The topological polar surface area (TPSA) is 58.6 Å². The molecule has 138 valence electrons. The smallest absolute Gasteiger partial charge is 0.138 e. The average Bonchev–Trinajstić information content (AvgIpc) is 3.29. The average molecular weight is 357 g/mol.